The largest absolute Gasteiger partial charge is 0.294 e. The fourth-order valence-electron chi connectivity index (χ4n) is 2.54. The maximum absolute atomic E-state index is 11.4. The van der Waals surface area contributed by atoms with E-state index in [1.165, 1.54) is 12.1 Å². The summed E-state index contributed by atoms with van der Waals surface area (Å²) in [5.41, 5.74) is 1.49. The van der Waals surface area contributed by atoms with E-state index in [0.29, 0.717) is 12.0 Å². The van der Waals surface area contributed by atoms with Crippen molar-refractivity contribution in [2.45, 2.75) is 43.9 Å². The molecule has 130 valence electrons. The molecule has 23 heavy (non-hydrogen) atoms. The summed E-state index contributed by atoms with van der Waals surface area (Å²) in [4.78, 5) is -0.222. The number of allylic oxidation sites excluding steroid dienone is 1. The third-order valence-corrected chi connectivity index (χ3v) is 5.78. The lowest BCUT2D eigenvalue weighted by molar-refractivity contribution is 0.463. The predicted octanol–water partition coefficient (Wildman–Crippen LogP) is 2.74. The molecule has 0 aromatic heterocycles. The Labute approximate surface area is 137 Å². The van der Waals surface area contributed by atoms with Crippen LogP contribution < -0.4 is 0 Å². The lowest BCUT2D eigenvalue weighted by Gasteiger charge is -2.33. The Morgan fingerprint density at radius 3 is 2.22 bits per heavy atom. The van der Waals surface area contributed by atoms with Crippen LogP contribution in [0.5, 0.6) is 0 Å². The highest BCUT2D eigenvalue weighted by Gasteiger charge is 2.30. The fourth-order valence-corrected chi connectivity index (χ4v) is 3.56. The first-order chi connectivity index (χ1) is 10.3. The molecule has 0 bridgehead atoms. The van der Waals surface area contributed by atoms with Gasteiger partial charge in [0.2, 0.25) is 0 Å². The molecule has 0 heterocycles. The minimum absolute atomic E-state index is 0.192. The number of hydrogen-bond acceptors (Lipinski definition) is 4. The first kappa shape index (κ1) is 19.8. The average molecular weight is 362 g/mol. The van der Waals surface area contributed by atoms with E-state index in [4.69, 9.17) is 4.55 Å². The molecule has 6 nitrogen and oxygen atoms in total. The van der Waals surface area contributed by atoms with Crippen molar-refractivity contribution in [2.24, 2.45) is 0 Å². The fraction of sp³-hybridized carbons (Fsp3) is 0.467. The highest BCUT2D eigenvalue weighted by Crippen LogP contribution is 2.38. The molecule has 0 spiro atoms. The summed E-state index contributed by atoms with van der Waals surface area (Å²) in [5, 5.41) is 0. The van der Waals surface area contributed by atoms with Gasteiger partial charge in [0.05, 0.1) is 10.6 Å². The van der Waals surface area contributed by atoms with E-state index in [-0.39, 0.29) is 17.1 Å². The van der Waals surface area contributed by atoms with Crippen molar-refractivity contribution < 1.29 is 25.9 Å². The van der Waals surface area contributed by atoms with Crippen LogP contribution in [0, 0.1) is 6.92 Å². The van der Waals surface area contributed by atoms with Gasteiger partial charge < -0.3 is 0 Å². The molecule has 0 amide bonds. The van der Waals surface area contributed by atoms with E-state index in [1.54, 1.807) is 19.9 Å². The van der Waals surface area contributed by atoms with Crippen LogP contribution in [0.1, 0.15) is 37.8 Å². The van der Waals surface area contributed by atoms with Crippen molar-refractivity contribution in [3.05, 3.63) is 41.5 Å². The van der Waals surface area contributed by atoms with Crippen LogP contribution in [0.4, 0.5) is 0 Å². The first-order valence-electron chi connectivity index (χ1n) is 6.97. The van der Waals surface area contributed by atoms with Gasteiger partial charge in [-0.15, -0.1) is 0 Å². The monoisotopic (exact) mass is 362 g/mol. The van der Waals surface area contributed by atoms with Crippen LogP contribution in [-0.4, -0.2) is 31.7 Å². The molecule has 0 aliphatic rings. The van der Waals surface area contributed by atoms with Crippen LogP contribution in [0.15, 0.2) is 35.2 Å². The molecule has 1 aromatic carbocycles. The zero-order valence-corrected chi connectivity index (χ0v) is 15.0. The van der Waals surface area contributed by atoms with Gasteiger partial charge >= 0.3 is 0 Å². The van der Waals surface area contributed by atoms with E-state index in [9.17, 15) is 21.4 Å². The summed E-state index contributed by atoms with van der Waals surface area (Å²) in [5.74, 6) is -0.382. The van der Waals surface area contributed by atoms with Gasteiger partial charge in [0.15, 0.2) is 0 Å². The highest BCUT2D eigenvalue weighted by molar-refractivity contribution is 7.86. The third kappa shape index (κ3) is 5.13. The van der Waals surface area contributed by atoms with Gasteiger partial charge in [0, 0.05) is 5.41 Å². The summed E-state index contributed by atoms with van der Waals surface area (Å²) in [7, 11) is -8.40. The molecule has 0 aliphatic carbocycles. The third-order valence-electron chi connectivity index (χ3n) is 4.12. The molecule has 2 N–H and O–H groups in total. The van der Waals surface area contributed by atoms with Crippen LogP contribution in [0.3, 0.4) is 0 Å². The second-order valence-corrected chi connectivity index (χ2v) is 8.95. The standard InChI is InChI=1S/C15H22O6S2/c1-11(2)15(4,8-5-9-22(16,17)18)14-10-13(23(19,20)21)7-6-12(14)3/h6-7,10H,1,5,8-9H2,2-4H3,(H,16,17,18)(H,19,20,21). The van der Waals surface area contributed by atoms with Crippen molar-refractivity contribution >= 4 is 20.2 Å². The van der Waals surface area contributed by atoms with Crippen LogP contribution in [0.2, 0.25) is 0 Å². The quantitative estimate of drug-likeness (QED) is 0.570. The van der Waals surface area contributed by atoms with Gasteiger partial charge in [0.25, 0.3) is 20.2 Å². The van der Waals surface area contributed by atoms with Crippen molar-refractivity contribution in [1.82, 2.24) is 0 Å². The maximum Gasteiger partial charge on any atom is 0.294 e. The minimum Gasteiger partial charge on any atom is -0.286 e. The summed E-state index contributed by atoms with van der Waals surface area (Å²) in [6.45, 7) is 9.33. The lowest BCUT2D eigenvalue weighted by Crippen LogP contribution is -2.26. The second kappa shape index (κ2) is 6.72. The summed E-state index contributed by atoms with van der Waals surface area (Å²) in [6, 6.07) is 4.28. The van der Waals surface area contributed by atoms with Gasteiger partial charge in [-0.2, -0.15) is 16.8 Å². The molecule has 0 aliphatic heterocycles. The summed E-state index contributed by atoms with van der Waals surface area (Å²) >= 11 is 0. The molecular formula is C15H22O6S2. The van der Waals surface area contributed by atoms with Crippen molar-refractivity contribution in [1.29, 1.82) is 0 Å². The maximum atomic E-state index is 11.4. The minimum atomic E-state index is -4.34. The van der Waals surface area contributed by atoms with Gasteiger partial charge in [-0.3, -0.25) is 9.11 Å². The SMILES string of the molecule is C=C(C)C(C)(CCCS(=O)(=O)O)c1cc(S(=O)(=O)O)ccc1C. The molecule has 1 atom stereocenters. The molecule has 8 heteroatoms. The Hall–Kier alpha value is -1.22. The van der Waals surface area contributed by atoms with E-state index >= 15 is 0 Å². The highest BCUT2D eigenvalue weighted by atomic mass is 32.2. The zero-order chi connectivity index (χ0) is 18.1. The van der Waals surface area contributed by atoms with Crippen LogP contribution >= 0.6 is 0 Å². The molecule has 0 saturated carbocycles. The smallest absolute Gasteiger partial charge is 0.286 e. The van der Waals surface area contributed by atoms with E-state index in [0.717, 1.165) is 11.1 Å². The average Bonchev–Trinajstić information content (AvgIpc) is 2.35. The number of benzene rings is 1. The molecule has 1 aromatic rings. The Bertz CT molecular complexity index is 808. The Kier molecular flexibility index (Phi) is 5.79. The van der Waals surface area contributed by atoms with Crippen molar-refractivity contribution in [3.63, 3.8) is 0 Å². The molecule has 0 radical (unpaired) electrons. The Morgan fingerprint density at radius 1 is 1.22 bits per heavy atom. The molecule has 0 fully saturated rings. The van der Waals surface area contributed by atoms with Gasteiger partial charge in [-0.05, 0) is 49.9 Å². The van der Waals surface area contributed by atoms with E-state index in [2.05, 4.69) is 6.58 Å². The Balaban J connectivity index is 3.32. The lowest BCUT2D eigenvalue weighted by atomic mass is 9.72. The Morgan fingerprint density at radius 2 is 1.78 bits per heavy atom. The van der Waals surface area contributed by atoms with Crippen LogP contribution in [-0.2, 0) is 25.7 Å². The number of aryl methyl sites for hydroxylation is 1. The normalized spacial score (nSPS) is 15.2. The summed E-state index contributed by atoms with van der Waals surface area (Å²) < 4.78 is 62.6. The zero-order valence-electron chi connectivity index (χ0n) is 13.4. The van der Waals surface area contributed by atoms with Gasteiger partial charge in [-0.1, -0.05) is 25.1 Å². The van der Waals surface area contributed by atoms with Gasteiger partial charge in [-0.25, -0.2) is 0 Å². The number of rotatable bonds is 7. The molecule has 0 saturated heterocycles. The molecule has 1 unspecified atom stereocenters. The van der Waals surface area contributed by atoms with Crippen molar-refractivity contribution in [2.75, 3.05) is 5.75 Å². The number of hydrogen-bond donors (Lipinski definition) is 2. The predicted molar refractivity (Wildman–Crippen MR) is 88.8 cm³/mol. The van der Waals surface area contributed by atoms with Crippen molar-refractivity contribution in [3.8, 4) is 0 Å². The summed E-state index contributed by atoms with van der Waals surface area (Å²) in [6.07, 6.45) is 0.551. The second-order valence-electron chi connectivity index (χ2n) is 5.95. The topological polar surface area (TPSA) is 109 Å². The van der Waals surface area contributed by atoms with Crippen LogP contribution in [0.25, 0.3) is 0 Å². The first-order valence-corrected chi connectivity index (χ1v) is 10.0. The van der Waals surface area contributed by atoms with Gasteiger partial charge in [0.1, 0.15) is 0 Å². The molecule has 1 rings (SSSR count). The molecular weight excluding hydrogens is 340 g/mol. The van der Waals surface area contributed by atoms with E-state index in [1.807, 2.05) is 6.92 Å². The van der Waals surface area contributed by atoms with E-state index < -0.39 is 25.7 Å².